The largest absolute Gasteiger partial charge is 0.867 e. The Balaban J connectivity index is 1.91. The van der Waals surface area contributed by atoms with E-state index in [9.17, 15) is 20.0 Å². The normalized spacial score (nSPS) is 17.1. The fourth-order valence-electron chi connectivity index (χ4n) is 2.07. The van der Waals surface area contributed by atoms with Gasteiger partial charge < -0.3 is 10.4 Å². The van der Waals surface area contributed by atoms with Crippen LogP contribution < -0.4 is 10.4 Å². The molecule has 0 bridgehead atoms. The van der Waals surface area contributed by atoms with E-state index in [-0.39, 0.29) is 10.5 Å². The molecule has 1 N–H and O–H groups in total. The zero-order valence-corrected chi connectivity index (χ0v) is 14.0. The fraction of sp³-hybridized carbons (Fsp3) is 0. The summed E-state index contributed by atoms with van der Waals surface area (Å²) in [5.41, 5.74) is 0.0154. The van der Waals surface area contributed by atoms with Gasteiger partial charge in [-0.25, -0.2) is 4.99 Å². The molecule has 1 saturated heterocycles. The van der Waals surface area contributed by atoms with Crippen LogP contribution >= 0.6 is 23.4 Å². The van der Waals surface area contributed by atoms with Crippen molar-refractivity contribution in [3.63, 3.8) is 0 Å². The fourth-order valence-corrected chi connectivity index (χ4v) is 3.08. The van der Waals surface area contributed by atoms with Crippen molar-refractivity contribution in [2.45, 2.75) is 0 Å². The monoisotopic (exact) mass is 374 g/mol. The first-order valence-electron chi connectivity index (χ1n) is 6.94. The minimum atomic E-state index is -0.753. The van der Waals surface area contributed by atoms with Gasteiger partial charge in [0.05, 0.1) is 20.5 Å². The maximum Gasteiger partial charge on any atom is 0.264 e. The van der Waals surface area contributed by atoms with E-state index in [1.807, 2.05) is 0 Å². The number of hydrogen-bond acceptors (Lipinski definition) is 6. The number of carbonyl (C=O) groups excluding carboxylic acids is 1. The number of nitro groups is 1. The number of amides is 1. The Morgan fingerprint density at radius 1 is 1.20 bits per heavy atom. The Hall–Kier alpha value is -2.84. The van der Waals surface area contributed by atoms with E-state index in [4.69, 9.17) is 11.6 Å². The molecule has 1 aliphatic rings. The molecule has 1 aliphatic heterocycles. The highest BCUT2D eigenvalue weighted by atomic mass is 35.5. The van der Waals surface area contributed by atoms with E-state index in [2.05, 4.69) is 10.3 Å². The van der Waals surface area contributed by atoms with Crippen molar-refractivity contribution in [1.29, 1.82) is 0 Å². The minimum absolute atomic E-state index is 0.0610. The maximum atomic E-state index is 12.0. The molecule has 1 fully saturated rings. The first-order chi connectivity index (χ1) is 12.0. The number of para-hydroxylation sites is 2. The average Bonchev–Trinajstić information content (AvgIpc) is 2.91. The number of carbonyl (C=O) groups is 1. The SMILES string of the molecule is O=C1NC(=Nc2ccccc2Cl)S/C1=C/c1cccc([N+](=O)[O-])c1[O-]. The molecule has 0 unspecified atom stereocenters. The van der Waals surface area contributed by atoms with Crippen molar-refractivity contribution in [1.82, 2.24) is 5.32 Å². The molecule has 126 valence electrons. The predicted molar refractivity (Wildman–Crippen MR) is 94.8 cm³/mol. The topological polar surface area (TPSA) is 108 Å². The smallest absolute Gasteiger partial charge is 0.264 e. The molecule has 1 heterocycles. The second-order valence-corrected chi connectivity index (χ2v) is 6.32. The zero-order valence-electron chi connectivity index (χ0n) is 12.4. The van der Waals surface area contributed by atoms with Gasteiger partial charge in [0, 0.05) is 6.07 Å². The molecular weight excluding hydrogens is 366 g/mol. The van der Waals surface area contributed by atoms with Crippen molar-refractivity contribution in [2.24, 2.45) is 4.99 Å². The van der Waals surface area contributed by atoms with E-state index in [1.54, 1.807) is 24.3 Å². The molecule has 0 spiro atoms. The molecule has 9 heteroatoms. The van der Waals surface area contributed by atoms with Crippen LogP contribution in [0.4, 0.5) is 11.4 Å². The number of nitrogens with one attached hydrogen (secondary N) is 1. The summed E-state index contributed by atoms with van der Waals surface area (Å²) in [6.45, 7) is 0. The van der Waals surface area contributed by atoms with Gasteiger partial charge in [0.25, 0.3) is 11.6 Å². The van der Waals surface area contributed by atoms with Gasteiger partial charge in [-0.05, 0) is 41.3 Å². The van der Waals surface area contributed by atoms with Crippen LogP contribution in [-0.4, -0.2) is 16.0 Å². The maximum absolute atomic E-state index is 12.0. The highest BCUT2D eigenvalue weighted by Crippen LogP contribution is 2.33. The van der Waals surface area contributed by atoms with Crippen molar-refractivity contribution >= 4 is 51.9 Å². The summed E-state index contributed by atoms with van der Waals surface area (Å²) in [7, 11) is 0. The Kier molecular flexibility index (Phi) is 4.73. The summed E-state index contributed by atoms with van der Waals surface area (Å²) in [4.78, 5) is 26.6. The molecular formula is C16H9ClN3O4S-. The van der Waals surface area contributed by atoms with Gasteiger partial charge in [-0.3, -0.25) is 14.9 Å². The van der Waals surface area contributed by atoms with Crippen LogP contribution in [0.2, 0.25) is 5.02 Å². The van der Waals surface area contributed by atoms with Gasteiger partial charge in [0.2, 0.25) is 0 Å². The Labute approximate surface area is 151 Å². The molecule has 2 aromatic carbocycles. The number of thioether (sulfide) groups is 1. The summed E-state index contributed by atoms with van der Waals surface area (Å²) < 4.78 is 0. The predicted octanol–water partition coefficient (Wildman–Crippen LogP) is 3.21. The minimum Gasteiger partial charge on any atom is -0.867 e. The molecule has 7 nitrogen and oxygen atoms in total. The molecule has 0 aromatic heterocycles. The number of halogens is 1. The second-order valence-electron chi connectivity index (χ2n) is 4.89. The van der Waals surface area contributed by atoms with Gasteiger partial charge in [-0.1, -0.05) is 35.9 Å². The lowest BCUT2D eigenvalue weighted by Crippen LogP contribution is -2.19. The number of nitrogens with zero attached hydrogens (tertiary/aromatic N) is 2. The summed E-state index contributed by atoms with van der Waals surface area (Å²) >= 11 is 7.05. The molecule has 0 saturated carbocycles. The Morgan fingerprint density at radius 2 is 1.96 bits per heavy atom. The third-order valence-corrected chi connectivity index (χ3v) is 4.46. The third kappa shape index (κ3) is 3.65. The lowest BCUT2D eigenvalue weighted by Gasteiger charge is -2.10. The number of rotatable bonds is 3. The number of aliphatic imine (C=N–C) groups is 1. The molecule has 25 heavy (non-hydrogen) atoms. The first-order valence-corrected chi connectivity index (χ1v) is 8.13. The summed E-state index contributed by atoms with van der Waals surface area (Å²) in [6, 6.07) is 10.8. The standard InChI is InChI=1S/C16H10ClN3O4S/c17-10-5-1-2-6-11(10)18-16-19-15(22)13(25-16)8-9-4-3-7-12(14(9)21)20(23)24/h1-8,21H,(H,18,19,22)/p-1/b13-8+. The molecule has 1 amide bonds. The van der Waals surface area contributed by atoms with Crippen molar-refractivity contribution in [3.05, 3.63) is 68.1 Å². The highest BCUT2D eigenvalue weighted by Gasteiger charge is 2.24. The molecule has 0 atom stereocenters. The Morgan fingerprint density at radius 3 is 2.68 bits per heavy atom. The van der Waals surface area contributed by atoms with Gasteiger partial charge in [-0.15, -0.1) is 0 Å². The van der Waals surface area contributed by atoms with Crippen LogP contribution in [0.15, 0.2) is 52.4 Å². The number of benzene rings is 2. The van der Waals surface area contributed by atoms with Gasteiger partial charge in [0.1, 0.15) is 0 Å². The van der Waals surface area contributed by atoms with Gasteiger partial charge >= 0.3 is 0 Å². The quantitative estimate of drug-likeness (QED) is 0.504. The van der Waals surface area contributed by atoms with E-state index >= 15 is 0 Å². The van der Waals surface area contributed by atoms with Crippen LogP contribution in [-0.2, 0) is 4.79 Å². The van der Waals surface area contributed by atoms with Gasteiger partial charge in [-0.2, -0.15) is 0 Å². The van der Waals surface area contributed by atoms with E-state index in [0.717, 1.165) is 17.8 Å². The second kappa shape index (κ2) is 6.96. The summed E-state index contributed by atoms with van der Waals surface area (Å²) in [6.07, 6.45) is 1.31. The number of amidine groups is 1. The van der Waals surface area contributed by atoms with Crippen LogP contribution in [0.3, 0.4) is 0 Å². The number of nitro benzene ring substituents is 1. The molecule has 3 rings (SSSR count). The van der Waals surface area contributed by atoms with Crippen LogP contribution in [0.1, 0.15) is 5.56 Å². The van der Waals surface area contributed by atoms with E-state index in [1.165, 1.54) is 18.2 Å². The third-order valence-electron chi connectivity index (χ3n) is 3.23. The lowest BCUT2D eigenvalue weighted by molar-refractivity contribution is -0.398. The molecule has 0 radical (unpaired) electrons. The lowest BCUT2D eigenvalue weighted by atomic mass is 10.1. The molecule has 0 aliphatic carbocycles. The summed E-state index contributed by atoms with van der Waals surface area (Å²) in [5, 5.41) is 26.2. The Bertz CT molecular complexity index is 943. The van der Waals surface area contributed by atoms with E-state index in [0.29, 0.717) is 15.9 Å². The number of hydrogen-bond donors (Lipinski definition) is 1. The summed E-state index contributed by atoms with van der Waals surface area (Å²) in [5.74, 6) is -1.19. The van der Waals surface area contributed by atoms with Crippen LogP contribution in [0, 0.1) is 10.1 Å². The van der Waals surface area contributed by atoms with Crippen molar-refractivity contribution < 1.29 is 14.8 Å². The first kappa shape index (κ1) is 17.0. The van der Waals surface area contributed by atoms with Crippen LogP contribution in [0.5, 0.6) is 5.75 Å². The van der Waals surface area contributed by atoms with Crippen LogP contribution in [0.25, 0.3) is 6.08 Å². The van der Waals surface area contributed by atoms with Crippen molar-refractivity contribution in [3.8, 4) is 5.75 Å². The van der Waals surface area contributed by atoms with E-state index < -0.39 is 22.3 Å². The molecule has 2 aromatic rings. The zero-order chi connectivity index (χ0) is 18.0. The highest BCUT2D eigenvalue weighted by molar-refractivity contribution is 8.18. The van der Waals surface area contributed by atoms with Crippen molar-refractivity contribution in [2.75, 3.05) is 0 Å². The van der Waals surface area contributed by atoms with Gasteiger partial charge in [0.15, 0.2) is 5.17 Å². The average molecular weight is 375 g/mol.